The second-order valence-electron chi connectivity index (χ2n) is 5.08. The van der Waals surface area contributed by atoms with Gasteiger partial charge in [0.2, 0.25) is 0 Å². The molecule has 1 aromatic heterocycles. The van der Waals surface area contributed by atoms with Crippen molar-refractivity contribution in [3.05, 3.63) is 54.2 Å². The molecular formula is C17H13IrN2-. The molecule has 0 amide bonds. The standard InChI is InChI=1S/C17H13N2.Ir/c1-11-7-8-14-15(9-11)12-5-3-4-6-13(12)16-10-19(2)18-17(14)16;/h3-7,9-10H,1-2H3;/q-1;. The van der Waals surface area contributed by atoms with Gasteiger partial charge in [-0.15, -0.1) is 29.1 Å². The molecule has 4 rings (SSSR count). The Labute approximate surface area is 130 Å². The Kier molecular flexibility index (Phi) is 3.12. The van der Waals surface area contributed by atoms with Gasteiger partial charge in [-0.1, -0.05) is 42.0 Å². The fraction of sp³-hybridized carbons (Fsp3) is 0.118. The van der Waals surface area contributed by atoms with Crippen molar-refractivity contribution in [2.75, 3.05) is 0 Å². The topological polar surface area (TPSA) is 17.8 Å². The zero-order valence-corrected chi connectivity index (χ0v) is 13.7. The van der Waals surface area contributed by atoms with Crippen LogP contribution in [-0.4, -0.2) is 9.78 Å². The first-order chi connectivity index (χ1) is 9.24. The number of benzene rings is 3. The van der Waals surface area contributed by atoms with Crippen molar-refractivity contribution >= 4 is 32.4 Å². The molecule has 0 bridgehead atoms. The third-order valence-corrected chi connectivity index (χ3v) is 3.66. The van der Waals surface area contributed by atoms with Crippen molar-refractivity contribution in [1.82, 2.24) is 9.78 Å². The minimum atomic E-state index is 0. The Hall–Kier alpha value is -1.70. The second kappa shape index (κ2) is 4.69. The van der Waals surface area contributed by atoms with Crippen molar-refractivity contribution in [3.63, 3.8) is 0 Å². The molecule has 0 saturated heterocycles. The molecule has 0 aliphatic heterocycles. The van der Waals surface area contributed by atoms with Gasteiger partial charge in [0.1, 0.15) is 0 Å². The van der Waals surface area contributed by atoms with Gasteiger partial charge in [0.05, 0.1) is 0 Å². The predicted octanol–water partition coefficient (Wildman–Crippen LogP) is 3.99. The van der Waals surface area contributed by atoms with Crippen molar-refractivity contribution in [2.45, 2.75) is 6.92 Å². The Balaban J connectivity index is 0.00000121. The second-order valence-corrected chi connectivity index (χ2v) is 5.08. The van der Waals surface area contributed by atoms with E-state index in [1.54, 1.807) is 0 Å². The van der Waals surface area contributed by atoms with Gasteiger partial charge in [0.25, 0.3) is 0 Å². The monoisotopic (exact) mass is 438 g/mol. The molecule has 0 atom stereocenters. The molecule has 101 valence electrons. The zero-order chi connectivity index (χ0) is 13.0. The van der Waals surface area contributed by atoms with Gasteiger partial charge in [0.15, 0.2) is 0 Å². The average molecular weight is 438 g/mol. The van der Waals surface area contributed by atoms with E-state index in [1.165, 1.54) is 27.1 Å². The molecule has 4 aromatic rings. The summed E-state index contributed by atoms with van der Waals surface area (Å²) in [4.78, 5) is 0. The summed E-state index contributed by atoms with van der Waals surface area (Å²) in [6, 6.07) is 16.2. The smallest absolute Gasteiger partial charge is 0.0288 e. The van der Waals surface area contributed by atoms with Crippen LogP contribution in [0.15, 0.2) is 42.6 Å². The van der Waals surface area contributed by atoms with Crippen LogP contribution in [0.4, 0.5) is 0 Å². The van der Waals surface area contributed by atoms with E-state index in [0.717, 1.165) is 10.9 Å². The van der Waals surface area contributed by atoms with Crippen molar-refractivity contribution in [1.29, 1.82) is 0 Å². The van der Waals surface area contributed by atoms with E-state index in [4.69, 9.17) is 0 Å². The molecule has 0 aliphatic carbocycles. The summed E-state index contributed by atoms with van der Waals surface area (Å²) in [5.41, 5.74) is 2.27. The van der Waals surface area contributed by atoms with Crippen LogP contribution in [0.3, 0.4) is 0 Å². The number of fused-ring (bicyclic) bond motifs is 6. The SMILES string of the molecule is Cc1c[c-]c2c(c1)c1ccccc1c1cn(C)nc21.[Ir]. The van der Waals surface area contributed by atoms with E-state index in [1.807, 2.05) is 17.8 Å². The molecular weight excluding hydrogens is 424 g/mol. The number of hydrogen-bond acceptors (Lipinski definition) is 1. The first kappa shape index (κ1) is 13.3. The Bertz CT molecular complexity index is 938. The largest absolute Gasteiger partial charge is 0.285 e. The van der Waals surface area contributed by atoms with Crippen molar-refractivity contribution in [2.24, 2.45) is 7.05 Å². The van der Waals surface area contributed by atoms with E-state index in [2.05, 4.69) is 54.6 Å². The predicted molar refractivity (Wildman–Crippen MR) is 79.3 cm³/mol. The van der Waals surface area contributed by atoms with Crippen LogP contribution in [0, 0.1) is 13.0 Å². The maximum absolute atomic E-state index is 4.61. The summed E-state index contributed by atoms with van der Waals surface area (Å²) >= 11 is 0. The molecule has 0 unspecified atom stereocenters. The summed E-state index contributed by atoms with van der Waals surface area (Å²) in [5.74, 6) is 0. The summed E-state index contributed by atoms with van der Waals surface area (Å²) in [6.45, 7) is 2.10. The quantitative estimate of drug-likeness (QED) is 0.301. The molecule has 3 heteroatoms. The molecule has 1 heterocycles. The van der Waals surface area contributed by atoms with Gasteiger partial charge < -0.3 is 0 Å². The maximum Gasteiger partial charge on any atom is 0.0288 e. The molecule has 1 radical (unpaired) electrons. The molecule has 0 N–H and O–H groups in total. The van der Waals surface area contributed by atoms with Crippen LogP contribution in [0.2, 0.25) is 0 Å². The molecule has 0 fully saturated rings. The van der Waals surface area contributed by atoms with Crippen LogP contribution >= 0.6 is 0 Å². The maximum atomic E-state index is 4.61. The van der Waals surface area contributed by atoms with E-state index in [9.17, 15) is 0 Å². The molecule has 0 aliphatic rings. The number of nitrogens with zero attached hydrogens (tertiary/aromatic N) is 2. The first-order valence-electron chi connectivity index (χ1n) is 6.40. The Morgan fingerprint density at radius 2 is 1.75 bits per heavy atom. The summed E-state index contributed by atoms with van der Waals surface area (Å²) in [7, 11) is 1.97. The van der Waals surface area contributed by atoms with Crippen LogP contribution in [0.1, 0.15) is 5.56 Å². The van der Waals surface area contributed by atoms with Crippen LogP contribution < -0.4 is 0 Å². The Morgan fingerprint density at radius 3 is 2.50 bits per heavy atom. The van der Waals surface area contributed by atoms with Crippen molar-refractivity contribution in [3.8, 4) is 0 Å². The molecule has 2 nitrogen and oxygen atoms in total. The van der Waals surface area contributed by atoms with Gasteiger partial charge in [0, 0.05) is 38.9 Å². The summed E-state index contributed by atoms with van der Waals surface area (Å²) < 4.78 is 1.88. The number of hydrogen-bond donors (Lipinski definition) is 0. The third kappa shape index (κ3) is 1.78. The minimum absolute atomic E-state index is 0. The van der Waals surface area contributed by atoms with Crippen LogP contribution in [0.25, 0.3) is 32.4 Å². The normalized spacial score (nSPS) is 11.1. The third-order valence-electron chi connectivity index (χ3n) is 3.66. The number of aryl methyl sites for hydroxylation is 2. The average Bonchev–Trinajstić information content (AvgIpc) is 2.81. The van der Waals surface area contributed by atoms with Gasteiger partial charge in [-0.05, 0) is 10.8 Å². The van der Waals surface area contributed by atoms with Gasteiger partial charge in [-0.25, -0.2) is 5.10 Å². The zero-order valence-electron chi connectivity index (χ0n) is 11.3. The summed E-state index contributed by atoms with van der Waals surface area (Å²) in [6.07, 6.45) is 2.09. The molecule has 0 spiro atoms. The first-order valence-corrected chi connectivity index (χ1v) is 6.40. The van der Waals surface area contributed by atoms with Crippen LogP contribution in [0.5, 0.6) is 0 Å². The van der Waals surface area contributed by atoms with Crippen LogP contribution in [-0.2, 0) is 27.2 Å². The minimum Gasteiger partial charge on any atom is -0.285 e. The summed E-state index contributed by atoms with van der Waals surface area (Å²) in [5, 5.41) is 10.7. The van der Waals surface area contributed by atoms with Gasteiger partial charge in [-0.2, -0.15) is 0 Å². The van der Waals surface area contributed by atoms with Crippen molar-refractivity contribution < 1.29 is 20.1 Å². The van der Waals surface area contributed by atoms with E-state index < -0.39 is 0 Å². The van der Waals surface area contributed by atoms with Gasteiger partial charge >= 0.3 is 0 Å². The molecule has 20 heavy (non-hydrogen) atoms. The fourth-order valence-corrected chi connectivity index (χ4v) is 2.84. The van der Waals surface area contributed by atoms with Gasteiger partial charge in [-0.3, -0.25) is 4.68 Å². The van der Waals surface area contributed by atoms with E-state index >= 15 is 0 Å². The number of rotatable bonds is 0. The molecule has 0 saturated carbocycles. The molecule has 3 aromatic carbocycles. The van der Waals surface area contributed by atoms with E-state index in [0.29, 0.717) is 0 Å². The van der Waals surface area contributed by atoms with E-state index in [-0.39, 0.29) is 20.1 Å². The number of aromatic nitrogens is 2. The fourth-order valence-electron chi connectivity index (χ4n) is 2.84. The Morgan fingerprint density at radius 1 is 1.05 bits per heavy atom.